The number of nitro groups is 1. The first-order valence-corrected chi connectivity index (χ1v) is 9.78. The molecule has 2 amide bonds. The van der Waals surface area contributed by atoms with Gasteiger partial charge in [0, 0.05) is 23.7 Å². The quantitative estimate of drug-likeness (QED) is 0.487. The van der Waals surface area contributed by atoms with Gasteiger partial charge in [-0.2, -0.15) is 0 Å². The highest BCUT2D eigenvalue weighted by Gasteiger charge is 2.17. The van der Waals surface area contributed by atoms with Crippen LogP contribution in [0, 0.1) is 17.0 Å². The van der Waals surface area contributed by atoms with Gasteiger partial charge in [-0.15, -0.1) is 0 Å². The monoisotopic (exact) mass is 412 g/mol. The molecule has 0 saturated heterocycles. The zero-order valence-electron chi connectivity index (χ0n) is 17.8. The van der Waals surface area contributed by atoms with E-state index in [4.69, 9.17) is 0 Å². The van der Waals surface area contributed by atoms with Gasteiger partial charge in [-0.3, -0.25) is 19.7 Å². The summed E-state index contributed by atoms with van der Waals surface area (Å²) in [7, 11) is 3.88. The van der Waals surface area contributed by atoms with E-state index in [1.165, 1.54) is 23.8 Å². The van der Waals surface area contributed by atoms with Crippen LogP contribution in [0.4, 0.5) is 5.69 Å². The molecule has 0 fully saturated rings. The summed E-state index contributed by atoms with van der Waals surface area (Å²) in [6, 6.07) is 12.5. The first-order valence-electron chi connectivity index (χ1n) is 9.78. The molecule has 30 heavy (non-hydrogen) atoms. The third kappa shape index (κ3) is 6.12. The fraction of sp³-hybridized carbons (Fsp3) is 0.364. The third-order valence-electron chi connectivity index (χ3n) is 4.97. The lowest BCUT2D eigenvalue weighted by atomic mass is 10.0. The molecule has 2 rings (SSSR count). The number of nitrogens with one attached hydrogen (secondary N) is 2. The van der Waals surface area contributed by atoms with Gasteiger partial charge in [-0.05, 0) is 44.6 Å². The van der Waals surface area contributed by atoms with E-state index in [0.717, 1.165) is 12.0 Å². The van der Waals surface area contributed by atoms with Crippen LogP contribution >= 0.6 is 0 Å². The molecule has 0 heterocycles. The summed E-state index contributed by atoms with van der Waals surface area (Å²) in [5.74, 6) is -0.866. The Morgan fingerprint density at radius 2 is 1.77 bits per heavy atom. The number of aryl methyl sites for hydroxylation is 2. The van der Waals surface area contributed by atoms with Crippen molar-refractivity contribution in [1.29, 1.82) is 0 Å². The molecule has 1 atom stereocenters. The molecule has 2 aromatic rings. The number of carbonyl (C=O) groups is 2. The number of rotatable bonds is 9. The van der Waals surface area contributed by atoms with Gasteiger partial charge in [0.25, 0.3) is 11.6 Å². The number of amides is 2. The zero-order valence-corrected chi connectivity index (χ0v) is 17.8. The second-order valence-electron chi connectivity index (χ2n) is 7.32. The summed E-state index contributed by atoms with van der Waals surface area (Å²) in [5.41, 5.74) is 2.82. The van der Waals surface area contributed by atoms with E-state index in [1.54, 1.807) is 6.92 Å². The van der Waals surface area contributed by atoms with Crippen molar-refractivity contribution in [3.63, 3.8) is 0 Å². The normalized spacial score (nSPS) is 11.8. The fourth-order valence-corrected chi connectivity index (χ4v) is 3.06. The van der Waals surface area contributed by atoms with Gasteiger partial charge in [-0.25, -0.2) is 0 Å². The lowest BCUT2D eigenvalue weighted by Crippen LogP contribution is -2.40. The molecule has 0 bridgehead atoms. The molecule has 2 N–H and O–H groups in total. The van der Waals surface area contributed by atoms with Gasteiger partial charge in [0.1, 0.15) is 0 Å². The highest BCUT2D eigenvalue weighted by atomic mass is 16.6. The van der Waals surface area contributed by atoms with Crippen molar-refractivity contribution < 1.29 is 14.5 Å². The number of nitrogens with zero attached hydrogens (tertiary/aromatic N) is 2. The van der Waals surface area contributed by atoms with Crippen molar-refractivity contribution in [1.82, 2.24) is 15.5 Å². The van der Waals surface area contributed by atoms with Gasteiger partial charge >= 0.3 is 0 Å². The number of likely N-dealkylation sites (N-methyl/N-ethyl adjacent to an activating group) is 1. The summed E-state index contributed by atoms with van der Waals surface area (Å²) in [6.45, 7) is 3.88. The molecular weight excluding hydrogens is 384 g/mol. The molecule has 8 heteroatoms. The Hall–Kier alpha value is -3.26. The van der Waals surface area contributed by atoms with Crippen molar-refractivity contribution in [3.8, 4) is 0 Å². The molecular formula is C22H28N4O4. The minimum atomic E-state index is -0.535. The minimum Gasteiger partial charge on any atom is -0.353 e. The average Bonchev–Trinajstić information content (AvgIpc) is 2.72. The van der Waals surface area contributed by atoms with Gasteiger partial charge in [0.05, 0.1) is 17.5 Å². The Morgan fingerprint density at radius 1 is 1.10 bits per heavy atom. The van der Waals surface area contributed by atoms with Crippen molar-refractivity contribution >= 4 is 17.5 Å². The lowest BCUT2D eigenvalue weighted by Gasteiger charge is -2.25. The standard InChI is InChI=1S/C22H28N4O4/c1-5-16-7-10-17(11-8-16)20(25(3)4)13-23-21(27)14-24-22(28)18-9-6-15(2)19(12-18)26(29)30/h6-12,20H,5,13-14H2,1-4H3,(H,23,27)(H,24,28). The number of carbonyl (C=O) groups excluding carboxylic acids is 2. The van der Waals surface area contributed by atoms with Crippen LogP contribution in [0.5, 0.6) is 0 Å². The van der Waals surface area contributed by atoms with E-state index in [9.17, 15) is 19.7 Å². The van der Waals surface area contributed by atoms with E-state index < -0.39 is 10.8 Å². The SMILES string of the molecule is CCc1ccc(C(CNC(=O)CNC(=O)c2ccc(C)c([N+](=O)[O-])c2)N(C)C)cc1. The second kappa shape index (κ2) is 10.5. The molecule has 0 aliphatic carbocycles. The highest BCUT2D eigenvalue weighted by Crippen LogP contribution is 2.19. The predicted octanol–water partition coefficient (Wildman–Crippen LogP) is 2.61. The van der Waals surface area contributed by atoms with Crippen molar-refractivity contribution in [2.75, 3.05) is 27.2 Å². The van der Waals surface area contributed by atoms with Crippen LogP contribution in [0.25, 0.3) is 0 Å². The smallest absolute Gasteiger partial charge is 0.273 e. The Balaban J connectivity index is 1.92. The van der Waals surface area contributed by atoms with Gasteiger partial charge < -0.3 is 15.5 Å². The maximum Gasteiger partial charge on any atom is 0.273 e. The summed E-state index contributed by atoms with van der Waals surface area (Å²) >= 11 is 0. The van der Waals surface area contributed by atoms with Crippen LogP contribution in [-0.4, -0.2) is 48.8 Å². The molecule has 160 valence electrons. The maximum atomic E-state index is 12.2. The summed E-state index contributed by atoms with van der Waals surface area (Å²) in [5, 5.41) is 16.4. The highest BCUT2D eigenvalue weighted by molar-refractivity contribution is 5.97. The maximum absolute atomic E-state index is 12.2. The van der Waals surface area contributed by atoms with E-state index in [0.29, 0.717) is 12.1 Å². The van der Waals surface area contributed by atoms with Gasteiger partial charge in [0.15, 0.2) is 0 Å². The summed E-state index contributed by atoms with van der Waals surface area (Å²) < 4.78 is 0. The Bertz CT molecular complexity index is 910. The lowest BCUT2D eigenvalue weighted by molar-refractivity contribution is -0.385. The molecule has 0 aromatic heterocycles. The second-order valence-corrected chi connectivity index (χ2v) is 7.32. The first kappa shape index (κ1) is 23.0. The summed E-state index contributed by atoms with van der Waals surface area (Å²) in [4.78, 5) is 37.0. The van der Waals surface area contributed by atoms with E-state index >= 15 is 0 Å². The van der Waals surface area contributed by atoms with Gasteiger partial charge in [0.2, 0.25) is 5.91 Å². The third-order valence-corrected chi connectivity index (χ3v) is 4.97. The number of benzene rings is 2. The molecule has 0 saturated carbocycles. The van der Waals surface area contributed by atoms with Crippen molar-refractivity contribution in [2.45, 2.75) is 26.3 Å². The molecule has 0 spiro atoms. The summed E-state index contributed by atoms with van der Waals surface area (Å²) in [6.07, 6.45) is 0.966. The van der Waals surface area contributed by atoms with Crippen molar-refractivity contribution in [2.24, 2.45) is 0 Å². The predicted molar refractivity (Wildman–Crippen MR) is 115 cm³/mol. The minimum absolute atomic E-state index is 0.00435. The first-order chi connectivity index (χ1) is 14.2. The van der Waals surface area contributed by atoms with E-state index in [1.807, 2.05) is 19.0 Å². The van der Waals surface area contributed by atoms with Gasteiger partial charge in [-0.1, -0.05) is 37.3 Å². The Labute approximate surface area is 176 Å². The van der Waals surface area contributed by atoms with E-state index in [2.05, 4.69) is 41.8 Å². The van der Waals surface area contributed by atoms with Crippen LogP contribution < -0.4 is 10.6 Å². The number of nitro benzene ring substituents is 1. The largest absolute Gasteiger partial charge is 0.353 e. The Morgan fingerprint density at radius 3 is 2.33 bits per heavy atom. The van der Waals surface area contributed by atoms with Crippen LogP contribution in [0.2, 0.25) is 0 Å². The molecule has 0 aliphatic heterocycles. The average molecular weight is 412 g/mol. The Kier molecular flexibility index (Phi) is 8.06. The van der Waals surface area contributed by atoms with Crippen LogP contribution in [0.3, 0.4) is 0 Å². The van der Waals surface area contributed by atoms with Crippen LogP contribution in [0.1, 0.15) is 40.0 Å². The molecule has 2 aromatic carbocycles. The zero-order chi connectivity index (χ0) is 22.3. The molecule has 0 radical (unpaired) electrons. The van der Waals surface area contributed by atoms with E-state index in [-0.39, 0.29) is 29.7 Å². The molecule has 1 unspecified atom stereocenters. The fourth-order valence-electron chi connectivity index (χ4n) is 3.06. The topological polar surface area (TPSA) is 105 Å². The molecule has 0 aliphatic rings. The van der Waals surface area contributed by atoms with Crippen LogP contribution in [0.15, 0.2) is 42.5 Å². The molecule has 8 nitrogen and oxygen atoms in total. The van der Waals surface area contributed by atoms with Crippen LogP contribution in [-0.2, 0) is 11.2 Å². The van der Waals surface area contributed by atoms with Crippen molar-refractivity contribution in [3.05, 3.63) is 74.8 Å². The number of hydrogen-bond acceptors (Lipinski definition) is 5. The number of hydrogen-bond donors (Lipinski definition) is 2.